The van der Waals surface area contributed by atoms with Crippen LogP contribution in [0.3, 0.4) is 0 Å². The first-order chi connectivity index (χ1) is 9.81. The normalized spacial score (nSPS) is 13.9. The van der Waals surface area contributed by atoms with Gasteiger partial charge < -0.3 is 15.3 Å². The predicted octanol–water partition coefficient (Wildman–Crippen LogP) is 2.32. The molecule has 9 heteroatoms. The molecule has 2 amide bonds. The largest absolute Gasteiger partial charge is 0.480 e. The van der Waals surface area contributed by atoms with Gasteiger partial charge in [-0.3, -0.25) is 4.79 Å². The standard InChI is InChI=1S/C12H10F4N2O3/c13-6-3-7(14)10(16)11(9(6)15)17-12(21)18(4-8(19)20)5-1-2-5/h3,5H,1-2,4H2,(H,17,21)(H,19,20). The van der Waals surface area contributed by atoms with Crippen molar-refractivity contribution in [3.8, 4) is 0 Å². The fourth-order valence-corrected chi connectivity index (χ4v) is 1.76. The summed E-state index contributed by atoms with van der Waals surface area (Å²) in [5, 5.41) is 10.4. The van der Waals surface area contributed by atoms with E-state index < -0.39 is 47.5 Å². The van der Waals surface area contributed by atoms with Crippen LogP contribution in [0, 0.1) is 23.3 Å². The Morgan fingerprint density at radius 1 is 1.19 bits per heavy atom. The molecule has 0 heterocycles. The first kappa shape index (κ1) is 15.1. The van der Waals surface area contributed by atoms with E-state index in [4.69, 9.17) is 5.11 Å². The van der Waals surface area contributed by atoms with Crippen LogP contribution in [-0.4, -0.2) is 34.6 Å². The number of carboxylic acid groups (broad SMARTS) is 1. The molecular formula is C12H10F4N2O3. The summed E-state index contributed by atoms with van der Waals surface area (Å²) in [6.45, 7) is -0.683. The lowest BCUT2D eigenvalue weighted by Crippen LogP contribution is -2.40. The Kier molecular flexibility index (Phi) is 4.01. The summed E-state index contributed by atoms with van der Waals surface area (Å²) in [4.78, 5) is 23.3. The third kappa shape index (κ3) is 3.23. The van der Waals surface area contributed by atoms with E-state index in [0.717, 1.165) is 4.90 Å². The summed E-state index contributed by atoms with van der Waals surface area (Å²) in [7, 11) is 0. The lowest BCUT2D eigenvalue weighted by molar-refractivity contribution is -0.137. The van der Waals surface area contributed by atoms with E-state index in [0.29, 0.717) is 12.8 Å². The number of anilines is 1. The topological polar surface area (TPSA) is 69.6 Å². The van der Waals surface area contributed by atoms with Gasteiger partial charge in [-0.05, 0) is 12.8 Å². The maximum absolute atomic E-state index is 13.4. The molecule has 1 aromatic carbocycles. The van der Waals surface area contributed by atoms with Gasteiger partial charge in [0.05, 0.1) is 0 Å². The molecule has 114 valence electrons. The Bertz CT molecular complexity index is 578. The summed E-state index contributed by atoms with van der Waals surface area (Å²) in [6.07, 6.45) is 1.09. The van der Waals surface area contributed by atoms with Gasteiger partial charge in [0.15, 0.2) is 23.3 Å². The highest BCUT2D eigenvalue weighted by molar-refractivity contribution is 5.92. The fraction of sp³-hybridized carbons (Fsp3) is 0.333. The van der Waals surface area contributed by atoms with Crippen molar-refractivity contribution in [3.63, 3.8) is 0 Å². The minimum Gasteiger partial charge on any atom is -0.480 e. The van der Waals surface area contributed by atoms with Gasteiger partial charge in [0, 0.05) is 12.1 Å². The maximum Gasteiger partial charge on any atom is 0.323 e. The van der Waals surface area contributed by atoms with Crippen molar-refractivity contribution in [2.24, 2.45) is 0 Å². The van der Waals surface area contributed by atoms with Gasteiger partial charge in [-0.2, -0.15) is 0 Å². The first-order valence-electron chi connectivity index (χ1n) is 5.93. The van der Waals surface area contributed by atoms with Crippen LogP contribution in [-0.2, 0) is 4.79 Å². The summed E-state index contributed by atoms with van der Waals surface area (Å²) in [5.41, 5.74) is -1.28. The van der Waals surface area contributed by atoms with Crippen LogP contribution in [0.15, 0.2) is 6.07 Å². The van der Waals surface area contributed by atoms with Crippen molar-refractivity contribution in [2.75, 3.05) is 11.9 Å². The van der Waals surface area contributed by atoms with E-state index in [1.807, 2.05) is 0 Å². The molecule has 0 bridgehead atoms. The Morgan fingerprint density at radius 2 is 1.71 bits per heavy atom. The first-order valence-corrected chi connectivity index (χ1v) is 5.93. The molecule has 1 aromatic rings. The SMILES string of the molecule is O=C(O)CN(C(=O)Nc1c(F)c(F)cc(F)c1F)C1CC1. The number of carbonyl (C=O) groups excluding carboxylic acids is 1. The zero-order valence-corrected chi connectivity index (χ0v) is 10.5. The second-order valence-corrected chi connectivity index (χ2v) is 4.53. The molecule has 2 rings (SSSR count). The van der Waals surface area contributed by atoms with Crippen LogP contribution in [0.4, 0.5) is 28.0 Å². The van der Waals surface area contributed by atoms with Gasteiger partial charge in [-0.25, -0.2) is 22.4 Å². The average Bonchev–Trinajstić information content (AvgIpc) is 3.22. The van der Waals surface area contributed by atoms with Crippen LogP contribution >= 0.6 is 0 Å². The van der Waals surface area contributed by atoms with E-state index in [2.05, 4.69) is 0 Å². The van der Waals surface area contributed by atoms with Gasteiger partial charge in [0.25, 0.3) is 0 Å². The van der Waals surface area contributed by atoms with E-state index >= 15 is 0 Å². The highest BCUT2D eigenvalue weighted by Crippen LogP contribution is 2.29. The van der Waals surface area contributed by atoms with Crippen molar-refractivity contribution in [1.82, 2.24) is 4.90 Å². The number of nitrogens with zero attached hydrogens (tertiary/aromatic N) is 1. The second-order valence-electron chi connectivity index (χ2n) is 4.53. The molecule has 0 atom stereocenters. The number of rotatable bonds is 4. The van der Waals surface area contributed by atoms with Crippen LogP contribution in [0.1, 0.15) is 12.8 Å². The molecular weight excluding hydrogens is 296 g/mol. The van der Waals surface area contributed by atoms with E-state index in [-0.39, 0.29) is 12.1 Å². The number of carboxylic acids is 1. The zero-order valence-electron chi connectivity index (χ0n) is 10.5. The predicted molar refractivity (Wildman–Crippen MR) is 62.7 cm³/mol. The molecule has 21 heavy (non-hydrogen) atoms. The number of nitrogens with one attached hydrogen (secondary N) is 1. The van der Waals surface area contributed by atoms with Gasteiger partial charge >= 0.3 is 12.0 Å². The van der Waals surface area contributed by atoms with Crippen LogP contribution < -0.4 is 5.32 Å². The molecule has 1 saturated carbocycles. The van der Waals surface area contributed by atoms with E-state index in [1.165, 1.54) is 0 Å². The molecule has 0 unspecified atom stereocenters. The molecule has 0 radical (unpaired) electrons. The Balaban J connectivity index is 2.24. The van der Waals surface area contributed by atoms with Crippen molar-refractivity contribution >= 4 is 17.7 Å². The Morgan fingerprint density at radius 3 is 2.14 bits per heavy atom. The Hall–Kier alpha value is -2.32. The van der Waals surface area contributed by atoms with Gasteiger partial charge in [0.1, 0.15) is 12.2 Å². The number of aliphatic carboxylic acids is 1. The third-order valence-electron chi connectivity index (χ3n) is 2.90. The molecule has 0 aliphatic heterocycles. The minimum absolute atomic E-state index is 0.0101. The van der Waals surface area contributed by atoms with Crippen molar-refractivity contribution in [1.29, 1.82) is 0 Å². The summed E-state index contributed by atoms with van der Waals surface area (Å²) >= 11 is 0. The van der Waals surface area contributed by atoms with Crippen molar-refractivity contribution in [2.45, 2.75) is 18.9 Å². The van der Waals surface area contributed by atoms with Gasteiger partial charge in [-0.15, -0.1) is 0 Å². The number of amides is 2. The van der Waals surface area contributed by atoms with Crippen LogP contribution in [0.25, 0.3) is 0 Å². The van der Waals surface area contributed by atoms with Gasteiger partial charge in [-0.1, -0.05) is 0 Å². The lowest BCUT2D eigenvalue weighted by Gasteiger charge is -2.21. The zero-order chi connectivity index (χ0) is 15.7. The lowest BCUT2D eigenvalue weighted by atomic mass is 10.2. The summed E-state index contributed by atoms with van der Waals surface area (Å²) in [5.74, 6) is -8.16. The molecule has 0 aromatic heterocycles. The van der Waals surface area contributed by atoms with Crippen molar-refractivity contribution in [3.05, 3.63) is 29.3 Å². The fourth-order valence-electron chi connectivity index (χ4n) is 1.76. The highest BCUT2D eigenvalue weighted by atomic mass is 19.2. The monoisotopic (exact) mass is 306 g/mol. The maximum atomic E-state index is 13.4. The van der Waals surface area contributed by atoms with Crippen LogP contribution in [0.5, 0.6) is 0 Å². The third-order valence-corrected chi connectivity index (χ3v) is 2.90. The molecule has 5 nitrogen and oxygen atoms in total. The number of hydrogen-bond donors (Lipinski definition) is 2. The van der Waals surface area contributed by atoms with Gasteiger partial charge in [0.2, 0.25) is 0 Å². The molecule has 2 N–H and O–H groups in total. The summed E-state index contributed by atoms with van der Waals surface area (Å²) < 4.78 is 52.9. The molecule has 1 fully saturated rings. The number of carbonyl (C=O) groups is 2. The number of hydrogen-bond acceptors (Lipinski definition) is 2. The van der Waals surface area contributed by atoms with Crippen molar-refractivity contribution < 1.29 is 32.3 Å². The quantitative estimate of drug-likeness (QED) is 0.662. The minimum atomic E-state index is -1.76. The number of halogens is 4. The average molecular weight is 306 g/mol. The number of benzene rings is 1. The van der Waals surface area contributed by atoms with Crippen LogP contribution in [0.2, 0.25) is 0 Å². The molecule has 0 spiro atoms. The Labute approximate surface area is 116 Å². The second kappa shape index (κ2) is 5.58. The number of urea groups is 1. The molecule has 0 saturated heterocycles. The smallest absolute Gasteiger partial charge is 0.323 e. The van der Waals surface area contributed by atoms with E-state index in [1.54, 1.807) is 5.32 Å². The molecule has 1 aliphatic carbocycles. The van der Waals surface area contributed by atoms with E-state index in [9.17, 15) is 27.2 Å². The molecule has 1 aliphatic rings. The summed E-state index contributed by atoms with van der Waals surface area (Å²) in [6, 6.07) is -1.50. The highest BCUT2D eigenvalue weighted by Gasteiger charge is 2.35.